The van der Waals surface area contributed by atoms with Crippen molar-refractivity contribution in [3.05, 3.63) is 48.6 Å². The summed E-state index contributed by atoms with van der Waals surface area (Å²) in [5.41, 5.74) is 0. The Kier molecular flexibility index (Phi) is 51.7. The van der Waals surface area contributed by atoms with Crippen LogP contribution in [0.25, 0.3) is 0 Å². The van der Waals surface area contributed by atoms with E-state index in [0.29, 0.717) is 12.8 Å². The van der Waals surface area contributed by atoms with Crippen molar-refractivity contribution < 1.29 is 89.4 Å². The van der Waals surface area contributed by atoms with Crippen molar-refractivity contribution in [3.63, 3.8) is 0 Å². The van der Waals surface area contributed by atoms with Gasteiger partial charge in [-0.05, 0) is 70.6 Å². The summed E-state index contributed by atoms with van der Waals surface area (Å²) in [6.07, 6.45) is 42.4. The minimum atomic E-state index is -1.98. The zero-order chi connectivity index (χ0) is 68.2. The van der Waals surface area contributed by atoms with Crippen LogP contribution < -0.4 is 5.32 Å². The molecule has 0 aromatic heterocycles. The van der Waals surface area contributed by atoms with Gasteiger partial charge in [0.25, 0.3) is 0 Å². The molecule has 17 unspecified atom stereocenters. The van der Waals surface area contributed by atoms with Crippen LogP contribution in [0.15, 0.2) is 48.6 Å². The van der Waals surface area contributed by atoms with Crippen molar-refractivity contribution in [1.29, 1.82) is 0 Å². The maximum Gasteiger partial charge on any atom is 0.220 e. The van der Waals surface area contributed by atoms with E-state index in [1.54, 1.807) is 6.08 Å². The highest BCUT2D eigenvalue weighted by Gasteiger charge is 2.53. The Labute approximate surface area is 567 Å². The Morgan fingerprint density at radius 3 is 1.06 bits per heavy atom. The van der Waals surface area contributed by atoms with Gasteiger partial charge < -0.3 is 89.9 Å². The van der Waals surface area contributed by atoms with Gasteiger partial charge in [-0.15, -0.1) is 0 Å². The first-order chi connectivity index (χ1) is 45.8. The Morgan fingerprint density at radius 2 is 0.681 bits per heavy atom. The van der Waals surface area contributed by atoms with Gasteiger partial charge in [-0.25, -0.2) is 0 Å². The molecule has 12 N–H and O–H groups in total. The van der Waals surface area contributed by atoms with E-state index in [0.717, 1.165) is 44.9 Å². The summed E-state index contributed by atoms with van der Waals surface area (Å²) < 4.78 is 34.4. The molecule has 0 aliphatic carbocycles. The van der Waals surface area contributed by atoms with Crippen LogP contribution in [0.1, 0.15) is 290 Å². The normalized spacial score (nSPS) is 27.6. The monoisotopic (exact) mass is 1340 g/mol. The number of amides is 1. The summed E-state index contributed by atoms with van der Waals surface area (Å²) >= 11 is 0. The molecule has 0 radical (unpaired) electrons. The minimum Gasteiger partial charge on any atom is -0.394 e. The van der Waals surface area contributed by atoms with Gasteiger partial charge in [0.1, 0.15) is 73.2 Å². The molecular formula is C75H137NO18. The van der Waals surface area contributed by atoms with E-state index in [2.05, 4.69) is 55.6 Å². The fourth-order valence-corrected chi connectivity index (χ4v) is 12.7. The van der Waals surface area contributed by atoms with Crippen LogP contribution in [0.3, 0.4) is 0 Å². The molecule has 3 rings (SSSR count). The molecule has 3 fully saturated rings. The second-order valence-corrected chi connectivity index (χ2v) is 27.1. The highest BCUT2D eigenvalue weighted by molar-refractivity contribution is 5.76. The van der Waals surface area contributed by atoms with Crippen LogP contribution in [0, 0.1) is 0 Å². The predicted octanol–water partition coefficient (Wildman–Crippen LogP) is 11.3. The summed E-state index contributed by atoms with van der Waals surface area (Å²) in [5.74, 6) is -0.286. The number of nitrogens with one attached hydrogen (secondary N) is 1. The topological polar surface area (TPSA) is 307 Å². The van der Waals surface area contributed by atoms with Crippen molar-refractivity contribution in [2.45, 2.75) is 394 Å². The third kappa shape index (κ3) is 37.3. The average molecular weight is 1340 g/mol. The van der Waals surface area contributed by atoms with E-state index in [4.69, 9.17) is 28.4 Å². The summed E-state index contributed by atoms with van der Waals surface area (Å²) in [6.45, 7) is 1.74. The molecule has 0 saturated carbocycles. The smallest absolute Gasteiger partial charge is 0.220 e. The molecule has 19 nitrogen and oxygen atoms in total. The second kappa shape index (κ2) is 56.5. The standard InChI is InChI=1S/C75H137NO18/c1-3-5-7-9-11-13-15-17-19-21-23-25-27-28-29-30-31-33-35-37-39-41-43-45-47-49-51-53-63(81)76-58(59(80)52-50-48-46-44-42-40-38-36-34-32-26-24-22-20-18-16-14-12-10-8-6-4-2)57-89-73-69(87)66(84)71(61(55-78)91-73)94-75-70(88)67(85)72(62(56-79)92-75)93-74-68(86)65(83)64(82)60(54-77)90-74/h21,23,34,36,42,44,50,52,58-62,64-75,77-80,82-88H,3-20,22,24-33,35,37-41,43,45-49,51,53-57H2,1-2H3,(H,76,81)/b23-21-,36-34+,44-42+,52-50+. The van der Waals surface area contributed by atoms with Crippen LogP contribution in [-0.4, -0.2) is 193 Å². The maximum absolute atomic E-state index is 13.4. The summed E-state index contributed by atoms with van der Waals surface area (Å²) in [7, 11) is 0. The molecule has 19 heteroatoms. The van der Waals surface area contributed by atoms with Crippen LogP contribution in [0.2, 0.25) is 0 Å². The quantitative estimate of drug-likeness (QED) is 0.0199. The Bertz CT molecular complexity index is 1890. The van der Waals surface area contributed by atoms with Gasteiger partial charge in [-0.3, -0.25) is 4.79 Å². The van der Waals surface area contributed by atoms with E-state index in [1.807, 2.05) is 6.08 Å². The fraction of sp³-hybridized carbons (Fsp3) is 0.880. The van der Waals surface area contributed by atoms with Crippen LogP contribution in [0.5, 0.6) is 0 Å². The first kappa shape index (κ1) is 86.0. The first-order valence-corrected chi connectivity index (χ1v) is 37.9. The van der Waals surface area contributed by atoms with Gasteiger partial charge in [-0.1, -0.05) is 262 Å². The highest BCUT2D eigenvalue weighted by atomic mass is 16.8. The van der Waals surface area contributed by atoms with E-state index >= 15 is 0 Å². The highest BCUT2D eigenvalue weighted by Crippen LogP contribution is 2.33. The maximum atomic E-state index is 13.4. The number of aliphatic hydroxyl groups excluding tert-OH is 11. The number of allylic oxidation sites excluding steroid dienone is 7. The molecule has 0 spiro atoms. The Morgan fingerprint density at radius 1 is 0.372 bits per heavy atom. The van der Waals surface area contributed by atoms with E-state index in [9.17, 15) is 61.0 Å². The summed E-state index contributed by atoms with van der Waals surface area (Å²) in [5, 5.41) is 121. The van der Waals surface area contributed by atoms with Crippen molar-refractivity contribution in [2.24, 2.45) is 0 Å². The molecule has 3 saturated heterocycles. The average Bonchev–Trinajstić information content (AvgIpc) is 0.787. The van der Waals surface area contributed by atoms with Gasteiger partial charge in [0, 0.05) is 6.42 Å². The molecule has 1 amide bonds. The van der Waals surface area contributed by atoms with E-state index in [1.165, 1.54) is 212 Å². The molecule has 94 heavy (non-hydrogen) atoms. The first-order valence-electron chi connectivity index (χ1n) is 37.9. The number of carbonyl (C=O) groups excluding carboxylic acids is 1. The number of hydrogen-bond acceptors (Lipinski definition) is 18. The molecular weight excluding hydrogens is 1200 g/mol. The Hall–Kier alpha value is -2.25. The summed E-state index contributed by atoms with van der Waals surface area (Å²) in [6, 6.07) is -0.997. The number of unbranched alkanes of at least 4 members (excludes halogenated alkanes) is 37. The van der Waals surface area contributed by atoms with Crippen molar-refractivity contribution in [2.75, 3.05) is 26.4 Å². The number of aliphatic hydroxyl groups is 11. The number of hydrogen-bond donors (Lipinski definition) is 12. The predicted molar refractivity (Wildman–Crippen MR) is 369 cm³/mol. The van der Waals surface area contributed by atoms with Gasteiger partial charge in [-0.2, -0.15) is 0 Å². The van der Waals surface area contributed by atoms with E-state index in [-0.39, 0.29) is 18.9 Å². The largest absolute Gasteiger partial charge is 0.394 e. The number of ether oxygens (including phenoxy) is 6. The molecule has 550 valence electrons. The number of rotatable bonds is 59. The molecule has 17 atom stereocenters. The van der Waals surface area contributed by atoms with Gasteiger partial charge in [0.05, 0.1) is 38.6 Å². The lowest BCUT2D eigenvalue weighted by Gasteiger charge is -2.48. The molecule has 3 heterocycles. The molecule has 3 aliphatic heterocycles. The number of carbonyl (C=O) groups is 1. The zero-order valence-electron chi connectivity index (χ0n) is 58.4. The third-order valence-electron chi connectivity index (χ3n) is 18.8. The van der Waals surface area contributed by atoms with Crippen molar-refractivity contribution in [1.82, 2.24) is 5.32 Å². The van der Waals surface area contributed by atoms with Crippen LogP contribution in [-0.2, 0) is 33.2 Å². The van der Waals surface area contributed by atoms with Crippen LogP contribution in [0.4, 0.5) is 0 Å². The SMILES string of the molecule is CCCCCCCCCC/C=C\CCCCCCCCCCCCCCCCCC(=O)NC(COC1OC(CO)C(OC2OC(CO)C(OC3OC(CO)C(O)C(O)C3O)C(O)C2O)C(O)C1O)C(O)/C=C/CC/C=C/CC/C=C/CCCCCCCCCCCCCC. The second-order valence-electron chi connectivity index (χ2n) is 27.1. The molecule has 0 bridgehead atoms. The van der Waals surface area contributed by atoms with Crippen molar-refractivity contribution >= 4 is 5.91 Å². The summed E-state index contributed by atoms with van der Waals surface area (Å²) in [4.78, 5) is 13.4. The van der Waals surface area contributed by atoms with E-state index < -0.39 is 124 Å². The lowest BCUT2D eigenvalue weighted by molar-refractivity contribution is -0.379. The Balaban J connectivity index is 1.42. The molecule has 0 aromatic rings. The lowest BCUT2D eigenvalue weighted by atomic mass is 9.96. The van der Waals surface area contributed by atoms with Gasteiger partial charge in [0.15, 0.2) is 18.9 Å². The van der Waals surface area contributed by atoms with Gasteiger partial charge >= 0.3 is 0 Å². The zero-order valence-corrected chi connectivity index (χ0v) is 58.4. The van der Waals surface area contributed by atoms with Crippen LogP contribution >= 0.6 is 0 Å². The lowest BCUT2D eigenvalue weighted by Crippen LogP contribution is -2.66. The van der Waals surface area contributed by atoms with Crippen molar-refractivity contribution in [3.8, 4) is 0 Å². The molecule has 0 aromatic carbocycles. The molecule has 3 aliphatic rings. The minimum absolute atomic E-state index is 0.233. The van der Waals surface area contributed by atoms with Gasteiger partial charge in [0.2, 0.25) is 5.91 Å². The third-order valence-corrected chi connectivity index (χ3v) is 18.8. The fourth-order valence-electron chi connectivity index (χ4n) is 12.7.